The van der Waals surface area contributed by atoms with Gasteiger partial charge in [0, 0.05) is 6.04 Å². The van der Waals surface area contributed by atoms with E-state index in [4.69, 9.17) is 4.74 Å². The molecule has 3 heteroatoms. The Kier molecular flexibility index (Phi) is 4.97. The maximum Gasteiger partial charge on any atom is 0.118 e. The molecule has 0 aromatic heterocycles. The quantitative estimate of drug-likeness (QED) is 0.798. The van der Waals surface area contributed by atoms with Gasteiger partial charge in [0.2, 0.25) is 0 Å². The fraction of sp³-hybridized carbons (Fsp3) is 0.571. The molecular formula is C14H23NO2. The molecule has 0 saturated heterocycles. The monoisotopic (exact) mass is 237 g/mol. The molecule has 3 nitrogen and oxygen atoms in total. The fourth-order valence-corrected chi connectivity index (χ4v) is 1.61. The topological polar surface area (TPSA) is 41.5 Å². The molecular weight excluding hydrogens is 214 g/mol. The van der Waals surface area contributed by atoms with Gasteiger partial charge in [-0.3, -0.25) is 0 Å². The number of rotatable bonds is 6. The highest BCUT2D eigenvalue weighted by Gasteiger charge is 2.12. The highest BCUT2D eigenvalue weighted by atomic mass is 16.5. The largest absolute Gasteiger partial charge is 0.497 e. The third-order valence-electron chi connectivity index (χ3n) is 2.80. The minimum atomic E-state index is -0.605. The van der Waals surface area contributed by atoms with Crippen LogP contribution in [0, 0.1) is 0 Å². The maximum absolute atomic E-state index is 9.61. The van der Waals surface area contributed by atoms with E-state index in [1.807, 2.05) is 26.0 Å². The van der Waals surface area contributed by atoms with Crippen molar-refractivity contribution in [1.29, 1.82) is 0 Å². The summed E-state index contributed by atoms with van der Waals surface area (Å²) in [6, 6.07) is 8.32. The van der Waals surface area contributed by atoms with Gasteiger partial charge >= 0.3 is 0 Å². The predicted molar refractivity (Wildman–Crippen MR) is 70.3 cm³/mol. The standard InChI is InChI=1S/C14H23NO2/c1-11(15-10-9-14(2,3)16)12-5-7-13(17-4)8-6-12/h5-8,11,15-16H,9-10H2,1-4H3/t11-/m0/s1. The van der Waals surface area contributed by atoms with Crippen LogP contribution in [-0.2, 0) is 0 Å². The van der Waals surface area contributed by atoms with Crippen molar-refractivity contribution in [3.8, 4) is 5.75 Å². The van der Waals surface area contributed by atoms with Gasteiger partial charge in [-0.25, -0.2) is 0 Å². The Morgan fingerprint density at radius 1 is 1.29 bits per heavy atom. The summed E-state index contributed by atoms with van der Waals surface area (Å²) in [5, 5.41) is 13.0. The van der Waals surface area contributed by atoms with Gasteiger partial charge in [-0.1, -0.05) is 12.1 Å². The lowest BCUT2D eigenvalue weighted by Gasteiger charge is -2.20. The Balaban J connectivity index is 2.43. The van der Waals surface area contributed by atoms with Crippen LogP contribution in [0.2, 0.25) is 0 Å². The fourth-order valence-electron chi connectivity index (χ4n) is 1.61. The third kappa shape index (κ3) is 5.20. The molecule has 17 heavy (non-hydrogen) atoms. The number of aliphatic hydroxyl groups is 1. The first-order valence-corrected chi connectivity index (χ1v) is 6.02. The van der Waals surface area contributed by atoms with Gasteiger partial charge in [-0.05, 0) is 51.4 Å². The first-order valence-electron chi connectivity index (χ1n) is 6.02. The molecule has 96 valence electrons. The van der Waals surface area contributed by atoms with Crippen LogP contribution in [0.3, 0.4) is 0 Å². The zero-order valence-electron chi connectivity index (χ0n) is 11.2. The van der Waals surface area contributed by atoms with Crippen LogP contribution in [0.25, 0.3) is 0 Å². The zero-order chi connectivity index (χ0) is 12.9. The summed E-state index contributed by atoms with van der Waals surface area (Å²) in [7, 11) is 1.67. The smallest absolute Gasteiger partial charge is 0.118 e. The Hall–Kier alpha value is -1.06. The summed E-state index contributed by atoms with van der Waals surface area (Å²) < 4.78 is 5.12. The number of methoxy groups -OCH3 is 1. The van der Waals surface area contributed by atoms with Gasteiger partial charge < -0.3 is 15.2 Å². The van der Waals surface area contributed by atoms with E-state index in [0.717, 1.165) is 18.7 Å². The normalized spacial score (nSPS) is 13.5. The van der Waals surface area contributed by atoms with E-state index in [-0.39, 0.29) is 6.04 Å². The molecule has 0 spiro atoms. The average molecular weight is 237 g/mol. The Morgan fingerprint density at radius 2 is 1.88 bits per heavy atom. The van der Waals surface area contributed by atoms with E-state index >= 15 is 0 Å². The van der Waals surface area contributed by atoms with Crippen molar-refractivity contribution >= 4 is 0 Å². The summed E-state index contributed by atoms with van der Waals surface area (Å²) in [4.78, 5) is 0. The molecule has 0 aliphatic heterocycles. The van der Waals surface area contributed by atoms with Crippen molar-refractivity contribution in [3.05, 3.63) is 29.8 Å². The number of hydrogen-bond donors (Lipinski definition) is 2. The molecule has 2 N–H and O–H groups in total. The molecule has 0 aliphatic carbocycles. The second-order valence-electron chi connectivity index (χ2n) is 5.01. The van der Waals surface area contributed by atoms with Crippen molar-refractivity contribution < 1.29 is 9.84 Å². The first kappa shape index (κ1) is 14.0. The van der Waals surface area contributed by atoms with Gasteiger partial charge in [0.1, 0.15) is 5.75 Å². The lowest BCUT2D eigenvalue weighted by atomic mass is 10.0. The lowest BCUT2D eigenvalue weighted by molar-refractivity contribution is 0.0705. The Bertz CT molecular complexity index is 327. The average Bonchev–Trinajstić information content (AvgIpc) is 2.27. The van der Waals surface area contributed by atoms with Gasteiger partial charge in [0.25, 0.3) is 0 Å². The molecule has 1 aromatic rings. The van der Waals surface area contributed by atoms with Crippen LogP contribution < -0.4 is 10.1 Å². The number of benzene rings is 1. The molecule has 0 radical (unpaired) electrons. The van der Waals surface area contributed by atoms with Crippen LogP contribution in [-0.4, -0.2) is 24.4 Å². The minimum Gasteiger partial charge on any atom is -0.497 e. The van der Waals surface area contributed by atoms with E-state index in [0.29, 0.717) is 0 Å². The number of nitrogens with one attached hydrogen (secondary N) is 1. The molecule has 0 saturated carbocycles. The molecule has 1 rings (SSSR count). The van der Waals surface area contributed by atoms with E-state index < -0.39 is 5.60 Å². The summed E-state index contributed by atoms with van der Waals surface area (Å²) in [5.74, 6) is 0.873. The van der Waals surface area contributed by atoms with Crippen molar-refractivity contribution in [2.45, 2.75) is 38.8 Å². The minimum absolute atomic E-state index is 0.281. The molecule has 0 unspecified atom stereocenters. The molecule has 0 aliphatic rings. The highest BCUT2D eigenvalue weighted by molar-refractivity contribution is 5.28. The predicted octanol–water partition coefficient (Wildman–Crippen LogP) is 2.51. The molecule has 0 fully saturated rings. The van der Waals surface area contributed by atoms with Crippen LogP contribution in [0.1, 0.15) is 38.8 Å². The van der Waals surface area contributed by atoms with E-state index in [1.54, 1.807) is 7.11 Å². The Labute approximate surface area is 104 Å². The van der Waals surface area contributed by atoms with Crippen LogP contribution >= 0.6 is 0 Å². The zero-order valence-corrected chi connectivity index (χ0v) is 11.2. The van der Waals surface area contributed by atoms with Crippen molar-refractivity contribution in [2.75, 3.05) is 13.7 Å². The van der Waals surface area contributed by atoms with Crippen molar-refractivity contribution in [2.24, 2.45) is 0 Å². The maximum atomic E-state index is 9.61. The first-order chi connectivity index (χ1) is 7.92. The highest BCUT2D eigenvalue weighted by Crippen LogP contribution is 2.17. The van der Waals surface area contributed by atoms with Crippen molar-refractivity contribution in [1.82, 2.24) is 5.32 Å². The van der Waals surface area contributed by atoms with Gasteiger partial charge in [-0.2, -0.15) is 0 Å². The second-order valence-corrected chi connectivity index (χ2v) is 5.01. The molecule has 1 atom stereocenters. The van der Waals surface area contributed by atoms with Gasteiger partial charge in [-0.15, -0.1) is 0 Å². The van der Waals surface area contributed by atoms with Crippen molar-refractivity contribution in [3.63, 3.8) is 0 Å². The molecule has 0 heterocycles. The van der Waals surface area contributed by atoms with Crippen LogP contribution in [0.5, 0.6) is 5.75 Å². The van der Waals surface area contributed by atoms with E-state index in [2.05, 4.69) is 24.4 Å². The van der Waals surface area contributed by atoms with Gasteiger partial charge in [0.05, 0.1) is 12.7 Å². The second kappa shape index (κ2) is 6.03. The van der Waals surface area contributed by atoms with Crippen LogP contribution in [0.4, 0.5) is 0 Å². The summed E-state index contributed by atoms with van der Waals surface area (Å²) >= 11 is 0. The van der Waals surface area contributed by atoms with E-state index in [9.17, 15) is 5.11 Å². The molecule has 0 amide bonds. The van der Waals surface area contributed by atoms with Gasteiger partial charge in [0.15, 0.2) is 0 Å². The summed E-state index contributed by atoms with van der Waals surface area (Å²) in [6.45, 7) is 6.57. The number of hydrogen-bond acceptors (Lipinski definition) is 3. The van der Waals surface area contributed by atoms with Crippen LogP contribution in [0.15, 0.2) is 24.3 Å². The molecule has 0 bridgehead atoms. The van der Waals surface area contributed by atoms with E-state index in [1.165, 1.54) is 5.56 Å². The molecule has 1 aromatic carbocycles. The summed E-state index contributed by atoms with van der Waals surface area (Å²) in [5.41, 5.74) is 0.619. The summed E-state index contributed by atoms with van der Waals surface area (Å²) in [6.07, 6.45) is 0.744. The third-order valence-corrected chi connectivity index (χ3v) is 2.80. The lowest BCUT2D eigenvalue weighted by Crippen LogP contribution is -2.28. The number of ether oxygens (including phenoxy) is 1. The SMILES string of the molecule is COc1ccc([C@H](C)NCCC(C)(C)O)cc1. The Morgan fingerprint density at radius 3 is 2.35 bits per heavy atom.